The van der Waals surface area contributed by atoms with Crippen LogP contribution in [-0.2, 0) is 22.8 Å². The van der Waals surface area contributed by atoms with Crippen molar-refractivity contribution in [3.63, 3.8) is 0 Å². The van der Waals surface area contributed by atoms with E-state index in [9.17, 15) is 27.6 Å². The summed E-state index contributed by atoms with van der Waals surface area (Å²) in [5, 5.41) is 4.96. The molecule has 174 valence electrons. The highest BCUT2D eigenvalue weighted by molar-refractivity contribution is 8.00. The van der Waals surface area contributed by atoms with Gasteiger partial charge in [0.1, 0.15) is 5.69 Å². The minimum absolute atomic E-state index is 0.0150. The number of rotatable bonds is 7. The topological polar surface area (TPSA) is 85.1 Å². The Labute approximate surface area is 191 Å². The summed E-state index contributed by atoms with van der Waals surface area (Å²) in [5.41, 5.74) is 0.105. The van der Waals surface area contributed by atoms with Crippen molar-refractivity contribution in [2.75, 3.05) is 22.1 Å². The zero-order valence-electron chi connectivity index (χ0n) is 17.8. The number of halogens is 3. The molecule has 0 aliphatic carbocycles. The lowest BCUT2D eigenvalue weighted by Gasteiger charge is -2.10. The minimum atomic E-state index is -4.51. The van der Waals surface area contributed by atoms with E-state index in [1.165, 1.54) is 16.8 Å². The second-order valence-corrected chi connectivity index (χ2v) is 8.09. The quantitative estimate of drug-likeness (QED) is 0.541. The Balaban J connectivity index is 1.56. The van der Waals surface area contributed by atoms with Gasteiger partial charge in [0.15, 0.2) is 0 Å². The molecule has 33 heavy (non-hydrogen) atoms. The summed E-state index contributed by atoms with van der Waals surface area (Å²) in [6, 6.07) is 13.2. The molecule has 0 saturated carbocycles. The van der Waals surface area contributed by atoms with Gasteiger partial charge in [-0.1, -0.05) is 24.3 Å². The molecule has 3 rings (SSSR count). The molecule has 0 unspecified atom stereocenters. The molecular formula is C22H21F3N4O3S. The van der Waals surface area contributed by atoms with E-state index in [0.29, 0.717) is 11.4 Å². The van der Waals surface area contributed by atoms with Crippen LogP contribution in [0.25, 0.3) is 5.69 Å². The summed E-state index contributed by atoms with van der Waals surface area (Å²) in [7, 11) is 1.70. The third-order valence-corrected chi connectivity index (χ3v) is 5.69. The zero-order valence-corrected chi connectivity index (χ0v) is 18.6. The smallest absolute Gasteiger partial charge is 0.325 e. The summed E-state index contributed by atoms with van der Waals surface area (Å²) < 4.78 is 41.4. The lowest BCUT2D eigenvalue weighted by atomic mass is 10.2. The van der Waals surface area contributed by atoms with Gasteiger partial charge in [-0.2, -0.15) is 13.2 Å². The highest BCUT2D eigenvalue weighted by atomic mass is 32.2. The Morgan fingerprint density at radius 3 is 2.24 bits per heavy atom. The summed E-state index contributed by atoms with van der Waals surface area (Å²) >= 11 is 0.975. The third kappa shape index (κ3) is 5.86. The van der Waals surface area contributed by atoms with E-state index < -0.39 is 23.6 Å². The largest absolute Gasteiger partial charge is 0.416 e. The molecular weight excluding hydrogens is 457 g/mol. The highest BCUT2D eigenvalue weighted by Crippen LogP contribution is 2.30. The van der Waals surface area contributed by atoms with Crippen LogP contribution in [0.3, 0.4) is 0 Å². The van der Waals surface area contributed by atoms with Crippen LogP contribution >= 0.6 is 11.8 Å². The fourth-order valence-electron chi connectivity index (χ4n) is 3.09. The number of carbonyl (C=O) groups excluding carboxylic acids is 2. The molecule has 0 bridgehead atoms. The monoisotopic (exact) mass is 478 g/mol. The number of nitrogens with zero attached hydrogens (tertiary/aromatic N) is 2. The number of aromatic nitrogens is 2. The van der Waals surface area contributed by atoms with Gasteiger partial charge in [0, 0.05) is 12.7 Å². The molecule has 1 heterocycles. The second kappa shape index (κ2) is 9.99. The zero-order chi connectivity index (χ0) is 24.2. The van der Waals surface area contributed by atoms with E-state index >= 15 is 0 Å². The first-order valence-electron chi connectivity index (χ1n) is 9.76. The number of nitrogens with one attached hydrogen (secondary N) is 2. The van der Waals surface area contributed by atoms with Crippen molar-refractivity contribution in [1.82, 2.24) is 9.36 Å². The lowest BCUT2D eigenvalue weighted by molar-refractivity contribution is -0.137. The SMILES string of the molecule is Cc1c(NC(=O)CSCC(=O)Nc2cccc(C(F)(F)F)c2)c(=O)n(-c2ccccc2)n1C. The second-order valence-electron chi connectivity index (χ2n) is 7.10. The fourth-order valence-corrected chi connectivity index (χ4v) is 3.71. The van der Waals surface area contributed by atoms with E-state index in [2.05, 4.69) is 10.6 Å². The lowest BCUT2D eigenvalue weighted by Crippen LogP contribution is -2.24. The van der Waals surface area contributed by atoms with Crippen LogP contribution in [0.1, 0.15) is 11.3 Å². The first kappa shape index (κ1) is 24.2. The highest BCUT2D eigenvalue weighted by Gasteiger charge is 2.30. The number of alkyl halides is 3. The maximum Gasteiger partial charge on any atom is 0.416 e. The molecule has 2 amide bonds. The minimum Gasteiger partial charge on any atom is -0.325 e. The summed E-state index contributed by atoms with van der Waals surface area (Å²) in [4.78, 5) is 37.2. The van der Waals surface area contributed by atoms with Gasteiger partial charge in [0.2, 0.25) is 11.8 Å². The van der Waals surface area contributed by atoms with Crippen LogP contribution in [0.4, 0.5) is 24.5 Å². The fraction of sp³-hybridized carbons (Fsp3) is 0.227. The van der Waals surface area contributed by atoms with Crippen molar-refractivity contribution in [2.24, 2.45) is 7.05 Å². The van der Waals surface area contributed by atoms with Gasteiger partial charge in [-0.25, -0.2) is 4.68 Å². The average Bonchev–Trinajstić information content (AvgIpc) is 2.97. The number of hydrogen-bond donors (Lipinski definition) is 2. The molecule has 1 aromatic heterocycles. The van der Waals surface area contributed by atoms with Crippen molar-refractivity contribution in [2.45, 2.75) is 13.1 Å². The average molecular weight is 478 g/mol. The van der Waals surface area contributed by atoms with Crippen molar-refractivity contribution >= 4 is 35.0 Å². The number of para-hydroxylation sites is 1. The Bertz CT molecular complexity index is 1220. The standard InChI is InChI=1S/C22H21F3N4O3S/c1-14-20(21(32)29(28(14)2)17-9-4-3-5-10-17)27-19(31)13-33-12-18(30)26-16-8-6-7-15(11-16)22(23,24)25/h3-11H,12-13H2,1-2H3,(H,26,30)(H,27,31). The van der Waals surface area contributed by atoms with E-state index in [0.717, 1.165) is 23.9 Å². The van der Waals surface area contributed by atoms with Gasteiger partial charge in [0.25, 0.3) is 5.56 Å². The number of amides is 2. The van der Waals surface area contributed by atoms with Gasteiger partial charge < -0.3 is 10.6 Å². The van der Waals surface area contributed by atoms with Crippen LogP contribution < -0.4 is 16.2 Å². The predicted octanol–water partition coefficient (Wildman–Crippen LogP) is 3.81. The Hall–Kier alpha value is -3.47. The van der Waals surface area contributed by atoms with Crippen LogP contribution in [0, 0.1) is 6.92 Å². The number of anilines is 2. The number of benzene rings is 2. The van der Waals surface area contributed by atoms with Gasteiger partial charge in [0.05, 0.1) is 28.5 Å². The van der Waals surface area contributed by atoms with Crippen molar-refractivity contribution < 1.29 is 22.8 Å². The summed E-state index contributed by atoms with van der Waals surface area (Å²) in [6.45, 7) is 1.70. The van der Waals surface area contributed by atoms with E-state index in [4.69, 9.17) is 0 Å². The number of thioether (sulfide) groups is 1. The number of hydrogen-bond acceptors (Lipinski definition) is 4. The Morgan fingerprint density at radius 2 is 1.61 bits per heavy atom. The molecule has 0 aliphatic heterocycles. The molecule has 2 N–H and O–H groups in total. The van der Waals surface area contributed by atoms with Gasteiger partial charge >= 0.3 is 6.18 Å². The normalized spacial score (nSPS) is 11.3. The molecule has 2 aromatic carbocycles. The van der Waals surface area contributed by atoms with Gasteiger partial charge in [-0.3, -0.25) is 19.1 Å². The van der Waals surface area contributed by atoms with E-state index in [1.807, 2.05) is 6.07 Å². The van der Waals surface area contributed by atoms with Gasteiger partial charge in [-0.15, -0.1) is 11.8 Å². The first-order chi connectivity index (χ1) is 15.6. The van der Waals surface area contributed by atoms with Crippen LogP contribution in [0.5, 0.6) is 0 Å². The van der Waals surface area contributed by atoms with Crippen LogP contribution in [0.15, 0.2) is 59.4 Å². The molecule has 0 fully saturated rings. The van der Waals surface area contributed by atoms with Crippen molar-refractivity contribution in [1.29, 1.82) is 0 Å². The molecule has 0 saturated heterocycles. The Kier molecular flexibility index (Phi) is 7.32. The van der Waals surface area contributed by atoms with Crippen LogP contribution in [0.2, 0.25) is 0 Å². The molecule has 0 atom stereocenters. The van der Waals surface area contributed by atoms with Crippen molar-refractivity contribution in [3.05, 3.63) is 76.2 Å². The van der Waals surface area contributed by atoms with E-state index in [-0.39, 0.29) is 28.4 Å². The molecule has 11 heteroatoms. The molecule has 0 radical (unpaired) electrons. The maximum absolute atomic E-state index is 12.8. The molecule has 0 aliphatic rings. The molecule has 0 spiro atoms. The summed E-state index contributed by atoms with van der Waals surface area (Å²) in [6.07, 6.45) is -4.51. The third-order valence-electron chi connectivity index (χ3n) is 4.76. The van der Waals surface area contributed by atoms with Crippen molar-refractivity contribution in [3.8, 4) is 5.69 Å². The molecule has 3 aromatic rings. The first-order valence-corrected chi connectivity index (χ1v) is 10.9. The van der Waals surface area contributed by atoms with E-state index in [1.54, 1.807) is 42.9 Å². The van der Waals surface area contributed by atoms with Crippen LogP contribution in [-0.4, -0.2) is 32.7 Å². The molecule has 7 nitrogen and oxygen atoms in total. The van der Waals surface area contributed by atoms with Gasteiger partial charge in [-0.05, 0) is 37.3 Å². The predicted molar refractivity (Wildman–Crippen MR) is 122 cm³/mol. The summed E-state index contributed by atoms with van der Waals surface area (Å²) in [5.74, 6) is -1.28. The number of carbonyl (C=O) groups is 2. The Morgan fingerprint density at radius 1 is 0.970 bits per heavy atom. The maximum atomic E-state index is 12.8.